The molecule has 0 aromatic heterocycles. The van der Waals surface area contributed by atoms with E-state index < -0.39 is 0 Å². The Balaban J connectivity index is 2.01. The summed E-state index contributed by atoms with van der Waals surface area (Å²) in [5.41, 5.74) is 5.50. The van der Waals surface area contributed by atoms with E-state index in [0.29, 0.717) is 0 Å². The third-order valence-electron chi connectivity index (χ3n) is 2.36. The molecule has 1 saturated carbocycles. The van der Waals surface area contributed by atoms with Crippen molar-refractivity contribution >= 4 is 0 Å². The molecule has 54 valence electrons. The second kappa shape index (κ2) is 3.21. The molecule has 2 N–H and O–H groups in total. The first-order chi connectivity index (χ1) is 4.33. The molecule has 9 heavy (non-hydrogen) atoms. The molecule has 1 heteroatoms. The van der Waals surface area contributed by atoms with E-state index in [1.165, 1.54) is 25.7 Å². The highest BCUT2D eigenvalue weighted by Gasteiger charge is 2.18. The van der Waals surface area contributed by atoms with Crippen molar-refractivity contribution in [3.63, 3.8) is 0 Å². The van der Waals surface area contributed by atoms with Crippen molar-refractivity contribution in [3.05, 3.63) is 0 Å². The predicted molar refractivity (Wildman–Crippen MR) is 40.2 cm³/mol. The van der Waals surface area contributed by atoms with Crippen LogP contribution < -0.4 is 5.73 Å². The monoisotopic (exact) mass is 127 g/mol. The van der Waals surface area contributed by atoms with Crippen LogP contribution in [0.5, 0.6) is 0 Å². The highest BCUT2D eigenvalue weighted by atomic mass is 14.5. The van der Waals surface area contributed by atoms with Crippen molar-refractivity contribution in [3.8, 4) is 0 Å². The summed E-state index contributed by atoms with van der Waals surface area (Å²) < 4.78 is 0. The van der Waals surface area contributed by atoms with Gasteiger partial charge in [-0.05, 0) is 24.8 Å². The second-order valence-corrected chi connectivity index (χ2v) is 3.37. The molecule has 1 atom stereocenters. The lowest BCUT2D eigenvalue weighted by Crippen LogP contribution is -2.19. The molecule has 0 aromatic carbocycles. The Morgan fingerprint density at radius 3 is 2.56 bits per heavy atom. The van der Waals surface area contributed by atoms with Gasteiger partial charge in [-0.25, -0.2) is 0 Å². The molecule has 0 aromatic rings. The van der Waals surface area contributed by atoms with Crippen molar-refractivity contribution in [2.75, 3.05) is 6.54 Å². The fraction of sp³-hybridized carbons (Fsp3) is 1.00. The fourth-order valence-corrected chi connectivity index (χ4v) is 1.39. The van der Waals surface area contributed by atoms with Gasteiger partial charge >= 0.3 is 0 Å². The van der Waals surface area contributed by atoms with Gasteiger partial charge in [-0.2, -0.15) is 0 Å². The molecule has 1 aliphatic rings. The lowest BCUT2D eigenvalue weighted by Gasteiger charge is -2.27. The molecule has 1 aliphatic carbocycles. The third-order valence-corrected chi connectivity index (χ3v) is 2.36. The van der Waals surface area contributed by atoms with Crippen LogP contribution in [0.3, 0.4) is 0 Å². The van der Waals surface area contributed by atoms with E-state index in [-0.39, 0.29) is 0 Å². The molecule has 1 unspecified atom stereocenters. The van der Waals surface area contributed by atoms with Crippen LogP contribution in [0.25, 0.3) is 0 Å². The predicted octanol–water partition coefficient (Wildman–Crippen LogP) is 1.77. The fourth-order valence-electron chi connectivity index (χ4n) is 1.39. The van der Waals surface area contributed by atoms with Gasteiger partial charge in [0.2, 0.25) is 0 Å². The average molecular weight is 127 g/mol. The highest BCUT2D eigenvalue weighted by molar-refractivity contribution is 4.71. The zero-order valence-corrected chi connectivity index (χ0v) is 6.27. The van der Waals surface area contributed by atoms with Crippen LogP contribution in [0.4, 0.5) is 0 Å². The van der Waals surface area contributed by atoms with Crippen molar-refractivity contribution in [2.45, 2.75) is 32.6 Å². The van der Waals surface area contributed by atoms with Gasteiger partial charge in [-0.3, -0.25) is 0 Å². The standard InChI is InChI=1S/C8H17N/c1-7(6-9)5-8-3-2-4-8/h7-8H,2-6,9H2,1H3. The molecular formula is C8H17N. The molecule has 1 rings (SSSR count). The Bertz CT molecular complexity index is 73.9. The first-order valence-corrected chi connectivity index (χ1v) is 4.03. The van der Waals surface area contributed by atoms with Gasteiger partial charge in [0.15, 0.2) is 0 Å². The van der Waals surface area contributed by atoms with Crippen molar-refractivity contribution in [1.29, 1.82) is 0 Å². The maximum Gasteiger partial charge on any atom is -0.00514 e. The molecule has 1 nitrogen and oxygen atoms in total. The summed E-state index contributed by atoms with van der Waals surface area (Å²) in [7, 11) is 0. The van der Waals surface area contributed by atoms with Crippen LogP contribution in [0.2, 0.25) is 0 Å². The van der Waals surface area contributed by atoms with E-state index in [2.05, 4.69) is 6.92 Å². The van der Waals surface area contributed by atoms with Crippen molar-refractivity contribution < 1.29 is 0 Å². The van der Waals surface area contributed by atoms with Gasteiger partial charge in [-0.1, -0.05) is 26.2 Å². The maximum atomic E-state index is 5.50. The molecule has 0 heterocycles. The number of hydrogen-bond donors (Lipinski definition) is 1. The van der Waals surface area contributed by atoms with Crippen molar-refractivity contribution in [2.24, 2.45) is 17.6 Å². The quantitative estimate of drug-likeness (QED) is 0.614. The van der Waals surface area contributed by atoms with Gasteiger partial charge in [0.25, 0.3) is 0 Å². The summed E-state index contributed by atoms with van der Waals surface area (Å²) >= 11 is 0. The molecule has 0 saturated heterocycles. The third kappa shape index (κ3) is 1.98. The van der Waals surface area contributed by atoms with Gasteiger partial charge < -0.3 is 5.73 Å². The number of rotatable bonds is 3. The molecule has 0 amide bonds. The Labute approximate surface area is 57.6 Å². The molecule has 0 radical (unpaired) electrons. The zero-order valence-electron chi connectivity index (χ0n) is 6.27. The molecule has 0 aliphatic heterocycles. The molecule has 0 spiro atoms. The minimum Gasteiger partial charge on any atom is -0.330 e. The Morgan fingerprint density at radius 2 is 2.22 bits per heavy atom. The second-order valence-electron chi connectivity index (χ2n) is 3.37. The summed E-state index contributed by atoms with van der Waals surface area (Å²) in [5.74, 6) is 1.79. The molecule has 0 bridgehead atoms. The Kier molecular flexibility index (Phi) is 2.52. The first-order valence-electron chi connectivity index (χ1n) is 4.03. The Morgan fingerprint density at radius 1 is 1.56 bits per heavy atom. The van der Waals surface area contributed by atoms with Crippen LogP contribution in [0, 0.1) is 11.8 Å². The minimum absolute atomic E-state index is 0.760. The summed E-state index contributed by atoms with van der Waals surface area (Å²) in [6, 6.07) is 0. The van der Waals surface area contributed by atoms with E-state index in [1.54, 1.807) is 0 Å². The lowest BCUT2D eigenvalue weighted by molar-refractivity contribution is 0.259. The SMILES string of the molecule is CC(CN)CC1CCC1. The topological polar surface area (TPSA) is 26.0 Å². The summed E-state index contributed by atoms with van der Waals surface area (Å²) in [4.78, 5) is 0. The summed E-state index contributed by atoms with van der Waals surface area (Å²) in [6.07, 6.45) is 5.76. The van der Waals surface area contributed by atoms with E-state index in [0.717, 1.165) is 18.4 Å². The number of hydrogen-bond acceptors (Lipinski definition) is 1. The van der Waals surface area contributed by atoms with Crippen LogP contribution in [0.1, 0.15) is 32.6 Å². The zero-order chi connectivity index (χ0) is 6.69. The minimum atomic E-state index is 0.760. The normalized spacial score (nSPS) is 23.3. The summed E-state index contributed by atoms with van der Waals surface area (Å²) in [6.45, 7) is 3.12. The van der Waals surface area contributed by atoms with E-state index >= 15 is 0 Å². The van der Waals surface area contributed by atoms with Crippen LogP contribution in [-0.4, -0.2) is 6.54 Å². The highest BCUT2D eigenvalue weighted by Crippen LogP contribution is 2.31. The largest absolute Gasteiger partial charge is 0.330 e. The van der Waals surface area contributed by atoms with Crippen LogP contribution in [0.15, 0.2) is 0 Å². The Hall–Kier alpha value is -0.0400. The van der Waals surface area contributed by atoms with Crippen molar-refractivity contribution in [1.82, 2.24) is 0 Å². The van der Waals surface area contributed by atoms with Crippen LogP contribution in [-0.2, 0) is 0 Å². The molecular weight excluding hydrogens is 110 g/mol. The maximum absolute atomic E-state index is 5.50. The van der Waals surface area contributed by atoms with Gasteiger partial charge in [0.05, 0.1) is 0 Å². The van der Waals surface area contributed by atoms with E-state index in [1.807, 2.05) is 0 Å². The van der Waals surface area contributed by atoms with Gasteiger partial charge in [-0.15, -0.1) is 0 Å². The average Bonchev–Trinajstić information content (AvgIpc) is 1.78. The molecule has 1 fully saturated rings. The van der Waals surface area contributed by atoms with E-state index in [9.17, 15) is 0 Å². The van der Waals surface area contributed by atoms with E-state index in [4.69, 9.17) is 5.73 Å². The van der Waals surface area contributed by atoms with Gasteiger partial charge in [0, 0.05) is 0 Å². The smallest absolute Gasteiger partial charge is 0.00514 e. The first kappa shape index (κ1) is 7.07. The lowest BCUT2D eigenvalue weighted by atomic mass is 9.79. The van der Waals surface area contributed by atoms with Gasteiger partial charge in [0.1, 0.15) is 0 Å². The summed E-state index contributed by atoms with van der Waals surface area (Å²) in [5, 5.41) is 0. The number of nitrogens with two attached hydrogens (primary N) is 1. The van der Waals surface area contributed by atoms with Crippen LogP contribution >= 0.6 is 0 Å².